The first-order chi connectivity index (χ1) is 8.08. The Labute approximate surface area is 106 Å². The van der Waals surface area contributed by atoms with Crippen LogP contribution in [0.15, 0.2) is 30.5 Å². The molecule has 2 aromatic rings. The summed E-state index contributed by atoms with van der Waals surface area (Å²) < 4.78 is 1.86. The minimum absolute atomic E-state index is 0.169. The van der Waals surface area contributed by atoms with Crippen molar-refractivity contribution >= 4 is 17.3 Å². The van der Waals surface area contributed by atoms with Crippen molar-refractivity contribution in [2.45, 2.75) is 19.9 Å². The van der Waals surface area contributed by atoms with Gasteiger partial charge in [0.15, 0.2) is 0 Å². The molecule has 0 saturated heterocycles. The smallest absolute Gasteiger partial charge is 0.0654 e. The number of rotatable bonds is 3. The van der Waals surface area contributed by atoms with E-state index in [4.69, 9.17) is 11.6 Å². The Kier molecular flexibility index (Phi) is 3.38. The van der Waals surface area contributed by atoms with E-state index in [1.165, 1.54) is 0 Å². The van der Waals surface area contributed by atoms with Gasteiger partial charge in [-0.1, -0.05) is 17.7 Å². The number of nitrogens with zero attached hydrogens (tertiary/aromatic N) is 2. The lowest BCUT2D eigenvalue weighted by molar-refractivity contribution is 0.676. The van der Waals surface area contributed by atoms with E-state index in [1.54, 1.807) is 6.20 Å². The van der Waals surface area contributed by atoms with Crippen LogP contribution in [-0.4, -0.2) is 9.78 Å². The second-order valence-corrected chi connectivity index (χ2v) is 4.64. The van der Waals surface area contributed by atoms with Gasteiger partial charge in [-0.2, -0.15) is 5.10 Å². The van der Waals surface area contributed by atoms with Crippen molar-refractivity contribution in [3.63, 3.8) is 0 Å². The molecule has 1 aromatic carbocycles. The molecule has 0 aliphatic heterocycles. The molecule has 0 amide bonds. The maximum atomic E-state index is 6.19. The van der Waals surface area contributed by atoms with Crippen LogP contribution in [0.4, 0.5) is 5.69 Å². The Balaban J connectivity index is 2.19. The van der Waals surface area contributed by atoms with E-state index in [2.05, 4.69) is 17.3 Å². The predicted octanol–water partition coefficient (Wildman–Crippen LogP) is 3.56. The summed E-state index contributed by atoms with van der Waals surface area (Å²) in [5, 5.41) is 8.30. The van der Waals surface area contributed by atoms with Gasteiger partial charge in [0.1, 0.15) is 0 Å². The molecule has 2 rings (SSSR count). The fourth-order valence-corrected chi connectivity index (χ4v) is 2.14. The Hall–Kier alpha value is -1.48. The van der Waals surface area contributed by atoms with E-state index in [0.717, 1.165) is 22.0 Å². The van der Waals surface area contributed by atoms with E-state index in [9.17, 15) is 0 Å². The van der Waals surface area contributed by atoms with Crippen molar-refractivity contribution in [2.24, 2.45) is 7.05 Å². The molecule has 0 saturated carbocycles. The molecule has 0 fully saturated rings. The van der Waals surface area contributed by atoms with Crippen LogP contribution < -0.4 is 5.32 Å². The molecule has 1 heterocycles. The van der Waals surface area contributed by atoms with E-state index < -0.39 is 0 Å². The molecule has 1 N–H and O–H groups in total. The first-order valence-corrected chi connectivity index (χ1v) is 5.96. The van der Waals surface area contributed by atoms with Crippen molar-refractivity contribution in [3.8, 4) is 0 Å². The summed E-state index contributed by atoms with van der Waals surface area (Å²) in [5.74, 6) is 0. The normalized spacial score (nSPS) is 12.5. The average molecular weight is 250 g/mol. The number of hydrogen-bond donors (Lipinski definition) is 1. The minimum atomic E-state index is 0.169. The standard InChI is InChI=1S/C13H16ClN3/c1-9-4-5-12(11(14)8-9)16-10(2)13-6-7-15-17(13)3/h4-8,10,16H,1-3H3. The van der Waals surface area contributed by atoms with Crippen molar-refractivity contribution in [1.82, 2.24) is 9.78 Å². The molecule has 0 aliphatic carbocycles. The first kappa shape index (κ1) is 12.0. The summed E-state index contributed by atoms with van der Waals surface area (Å²) in [7, 11) is 1.93. The van der Waals surface area contributed by atoms with E-state index in [0.29, 0.717) is 0 Å². The van der Waals surface area contributed by atoms with Crippen LogP contribution in [0, 0.1) is 6.92 Å². The number of nitrogens with one attached hydrogen (secondary N) is 1. The van der Waals surface area contributed by atoms with Gasteiger partial charge in [-0.05, 0) is 37.6 Å². The molecule has 1 atom stereocenters. The lowest BCUT2D eigenvalue weighted by Gasteiger charge is -2.16. The Morgan fingerprint density at radius 3 is 2.71 bits per heavy atom. The predicted molar refractivity (Wildman–Crippen MR) is 71.4 cm³/mol. The van der Waals surface area contributed by atoms with Gasteiger partial charge < -0.3 is 5.32 Å². The highest BCUT2D eigenvalue weighted by Gasteiger charge is 2.10. The molecule has 3 nitrogen and oxygen atoms in total. The van der Waals surface area contributed by atoms with Crippen molar-refractivity contribution in [3.05, 3.63) is 46.7 Å². The summed E-state index contributed by atoms with van der Waals surface area (Å²) in [6, 6.07) is 8.18. The zero-order chi connectivity index (χ0) is 12.4. The molecular formula is C13H16ClN3. The summed E-state index contributed by atoms with van der Waals surface area (Å²) in [6.07, 6.45) is 1.80. The maximum Gasteiger partial charge on any atom is 0.0654 e. The number of aromatic nitrogens is 2. The zero-order valence-corrected chi connectivity index (χ0v) is 11.0. The summed E-state index contributed by atoms with van der Waals surface area (Å²) in [5.41, 5.74) is 3.24. The van der Waals surface area contributed by atoms with Crippen LogP contribution in [0.5, 0.6) is 0 Å². The highest BCUT2D eigenvalue weighted by Crippen LogP contribution is 2.26. The van der Waals surface area contributed by atoms with Gasteiger partial charge in [0.2, 0.25) is 0 Å². The fourth-order valence-electron chi connectivity index (χ4n) is 1.85. The quantitative estimate of drug-likeness (QED) is 0.902. The fraction of sp³-hybridized carbons (Fsp3) is 0.308. The van der Waals surface area contributed by atoms with Gasteiger partial charge in [-0.3, -0.25) is 4.68 Å². The van der Waals surface area contributed by atoms with Gasteiger partial charge in [0.25, 0.3) is 0 Å². The highest BCUT2D eigenvalue weighted by atomic mass is 35.5. The summed E-state index contributed by atoms with van der Waals surface area (Å²) in [6.45, 7) is 4.12. The van der Waals surface area contributed by atoms with Crippen LogP contribution >= 0.6 is 11.6 Å². The van der Waals surface area contributed by atoms with Gasteiger partial charge >= 0.3 is 0 Å². The van der Waals surface area contributed by atoms with Gasteiger partial charge in [0.05, 0.1) is 22.4 Å². The largest absolute Gasteiger partial charge is 0.376 e. The van der Waals surface area contributed by atoms with Crippen molar-refractivity contribution in [2.75, 3.05) is 5.32 Å². The van der Waals surface area contributed by atoms with Gasteiger partial charge in [-0.25, -0.2) is 0 Å². The molecule has 17 heavy (non-hydrogen) atoms. The second-order valence-electron chi connectivity index (χ2n) is 4.23. The third-order valence-corrected chi connectivity index (χ3v) is 3.11. The van der Waals surface area contributed by atoms with E-state index >= 15 is 0 Å². The Bertz CT molecular complexity index is 519. The molecule has 0 radical (unpaired) electrons. The first-order valence-electron chi connectivity index (χ1n) is 5.58. The SMILES string of the molecule is Cc1ccc(NC(C)c2ccnn2C)c(Cl)c1. The monoisotopic (exact) mass is 249 g/mol. The molecule has 1 aromatic heterocycles. The molecule has 0 aliphatic rings. The van der Waals surface area contributed by atoms with Crippen LogP contribution in [0.1, 0.15) is 24.2 Å². The van der Waals surface area contributed by atoms with Crippen LogP contribution in [0.3, 0.4) is 0 Å². The van der Waals surface area contributed by atoms with E-state index in [-0.39, 0.29) is 6.04 Å². The Morgan fingerprint density at radius 2 is 2.12 bits per heavy atom. The average Bonchev–Trinajstić information content (AvgIpc) is 2.68. The molecular weight excluding hydrogens is 234 g/mol. The highest BCUT2D eigenvalue weighted by molar-refractivity contribution is 6.33. The lowest BCUT2D eigenvalue weighted by Crippen LogP contribution is -2.11. The lowest BCUT2D eigenvalue weighted by atomic mass is 10.2. The topological polar surface area (TPSA) is 29.9 Å². The zero-order valence-electron chi connectivity index (χ0n) is 10.2. The number of halogens is 1. The summed E-state index contributed by atoms with van der Waals surface area (Å²) >= 11 is 6.19. The van der Waals surface area contributed by atoms with Crippen molar-refractivity contribution < 1.29 is 0 Å². The van der Waals surface area contributed by atoms with Gasteiger partial charge in [-0.15, -0.1) is 0 Å². The third-order valence-electron chi connectivity index (χ3n) is 2.80. The maximum absolute atomic E-state index is 6.19. The molecule has 90 valence electrons. The third kappa shape index (κ3) is 2.61. The number of anilines is 1. The molecule has 1 unspecified atom stereocenters. The van der Waals surface area contributed by atoms with Gasteiger partial charge in [0, 0.05) is 13.2 Å². The molecule has 4 heteroatoms. The van der Waals surface area contributed by atoms with Crippen molar-refractivity contribution in [1.29, 1.82) is 0 Å². The van der Waals surface area contributed by atoms with E-state index in [1.807, 2.05) is 42.9 Å². The molecule has 0 spiro atoms. The van der Waals surface area contributed by atoms with Crippen LogP contribution in [0.25, 0.3) is 0 Å². The van der Waals surface area contributed by atoms with Crippen LogP contribution in [0.2, 0.25) is 5.02 Å². The number of hydrogen-bond acceptors (Lipinski definition) is 2. The minimum Gasteiger partial charge on any atom is -0.376 e. The second kappa shape index (κ2) is 4.80. The Morgan fingerprint density at radius 1 is 1.35 bits per heavy atom. The molecule has 0 bridgehead atoms. The van der Waals surface area contributed by atoms with Crippen LogP contribution in [-0.2, 0) is 7.05 Å². The summed E-state index contributed by atoms with van der Waals surface area (Å²) in [4.78, 5) is 0. The number of aryl methyl sites for hydroxylation is 2. The number of benzene rings is 1.